The molecular formula is C19H26N4O2. The van der Waals surface area contributed by atoms with Gasteiger partial charge in [-0.15, -0.1) is 0 Å². The van der Waals surface area contributed by atoms with E-state index in [0.29, 0.717) is 19.6 Å². The Morgan fingerprint density at radius 1 is 1.40 bits per heavy atom. The zero-order valence-corrected chi connectivity index (χ0v) is 14.7. The highest BCUT2D eigenvalue weighted by molar-refractivity contribution is 5.78. The Morgan fingerprint density at radius 3 is 2.96 bits per heavy atom. The van der Waals surface area contributed by atoms with Crippen LogP contribution in [0, 0.1) is 12.8 Å². The fourth-order valence-electron chi connectivity index (χ4n) is 3.22. The van der Waals surface area contributed by atoms with Crippen molar-refractivity contribution in [3.8, 4) is 11.3 Å². The van der Waals surface area contributed by atoms with Gasteiger partial charge in [0.1, 0.15) is 5.69 Å². The fourth-order valence-corrected chi connectivity index (χ4v) is 3.22. The Kier molecular flexibility index (Phi) is 5.83. The second-order valence-electron chi connectivity index (χ2n) is 6.70. The molecule has 134 valence electrons. The lowest BCUT2D eigenvalue weighted by atomic mass is 9.97. The van der Waals surface area contributed by atoms with Crippen LogP contribution in [0.2, 0.25) is 0 Å². The summed E-state index contributed by atoms with van der Waals surface area (Å²) >= 11 is 0. The van der Waals surface area contributed by atoms with E-state index in [1.54, 1.807) is 0 Å². The second-order valence-corrected chi connectivity index (χ2v) is 6.70. The number of aryl methyl sites for hydroxylation is 1. The molecule has 25 heavy (non-hydrogen) atoms. The molecule has 1 saturated heterocycles. The van der Waals surface area contributed by atoms with Gasteiger partial charge < -0.3 is 15.6 Å². The molecule has 1 aromatic heterocycles. The lowest BCUT2D eigenvalue weighted by molar-refractivity contribution is -0.126. The molecule has 6 heteroatoms. The predicted octanol–water partition coefficient (Wildman–Crippen LogP) is 1.94. The lowest BCUT2D eigenvalue weighted by Crippen LogP contribution is -2.43. The van der Waals surface area contributed by atoms with E-state index in [0.717, 1.165) is 42.9 Å². The van der Waals surface area contributed by atoms with Gasteiger partial charge in [0.15, 0.2) is 5.76 Å². The highest BCUT2D eigenvalue weighted by Gasteiger charge is 2.26. The third-order valence-electron chi connectivity index (χ3n) is 4.61. The number of nitrogens with one attached hydrogen (secondary N) is 1. The number of hydrogen-bond donors (Lipinski definition) is 2. The minimum Gasteiger partial charge on any atom is -0.359 e. The summed E-state index contributed by atoms with van der Waals surface area (Å²) in [6, 6.07) is 10.2. The highest BCUT2D eigenvalue weighted by Crippen LogP contribution is 2.23. The zero-order valence-electron chi connectivity index (χ0n) is 14.7. The Bertz CT molecular complexity index is 696. The summed E-state index contributed by atoms with van der Waals surface area (Å²) in [7, 11) is 0. The van der Waals surface area contributed by atoms with E-state index in [9.17, 15) is 4.79 Å². The van der Waals surface area contributed by atoms with Crippen molar-refractivity contribution >= 4 is 5.91 Å². The summed E-state index contributed by atoms with van der Waals surface area (Å²) in [5.41, 5.74) is 8.58. The lowest BCUT2D eigenvalue weighted by Gasteiger charge is -2.31. The minimum absolute atomic E-state index is 0.0276. The first-order chi connectivity index (χ1) is 12.2. The van der Waals surface area contributed by atoms with Crippen LogP contribution in [0.25, 0.3) is 11.3 Å². The maximum Gasteiger partial charge on any atom is 0.224 e. The standard InChI is InChI=1S/C19H26N4O2/c1-14-4-6-15(7-5-14)18-11-17(25-22-18)13-23-10-2-3-16(12-23)19(24)21-9-8-20/h4-7,11,16H,2-3,8-10,12-13,20H2,1H3,(H,21,24). The van der Waals surface area contributed by atoms with Crippen LogP contribution in [-0.2, 0) is 11.3 Å². The molecule has 0 aliphatic carbocycles. The van der Waals surface area contributed by atoms with E-state index < -0.39 is 0 Å². The van der Waals surface area contributed by atoms with E-state index in [-0.39, 0.29) is 11.8 Å². The molecule has 1 fully saturated rings. The molecule has 0 radical (unpaired) electrons. The molecule has 2 aromatic rings. The summed E-state index contributed by atoms with van der Waals surface area (Å²) in [6.45, 7) is 5.48. The van der Waals surface area contributed by atoms with Crippen LogP contribution in [0.1, 0.15) is 24.2 Å². The van der Waals surface area contributed by atoms with Gasteiger partial charge in [-0.2, -0.15) is 0 Å². The Labute approximate surface area is 148 Å². The van der Waals surface area contributed by atoms with Gasteiger partial charge in [0.05, 0.1) is 12.5 Å². The predicted molar refractivity (Wildman–Crippen MR) is 96.7 cm³/mol. The summed E-state index contributed by atoms with van der Waals surface area (Å²) in [5, 5.41) is 7.07. The number of piperidine rings is 1. The van der Waals surface area contributed by atoms with Gasteiger partial charge in [-0.3, -0.25) is 9.69 Å². The normalized spacial score (nSPS) is 18.2. The minimum atomic E-state index is 0.0276. The average Bonchev–Trinajstić information content (AvgIpc) is 3.09. The average molecular weight is 342 g/mol. The number of nitrogens with zero attached hydrogens (tertiary/aromatic N) is 2. The van der Waals surface area contributed by atoms with E-state index in [4.69, 9.17) is 10.3 Å². The molecule has 2 heterocycles. The number of likely N-dealkylation sites (tertiary alicyclic amines) is 1. The third kappa shape index (κ3) is 4.67. The molecule has 1 amide bonds. The number of carbonyl (C=O) groups is 1. The van der Waals surface area contributed by atoms with Crippen molar-refractivity contribution in [3.63, 3.8) is 0 Å². The first-order valence-corrected chi connectivity index (χ1v) is 8.88. The first-order valence-electron chi connectivity index (χ1n) is 8.88. The van der Waals surface area contributed by atoms with Gasteiger partial charge >= 0.3 is 0 Å². The van der Waals surface area contributed by atoms with Gasteiger partial charge in [-0.05, 0) is 26.3 Å². The Morgan fingerprint density at radius 2 is 2.20 bits per heavy atom. The van der Waals surface area contributed by atoms with Crippen molar-refractivity contribution < 1.29 is 9.32 Å². The van der Waals surface area contributed by atoms with Crippen LogP contribution in [0.4, 0.5) is 0 Å². The number of aromatic nitrogens is 1. The molecule has 0 bridgehead atoms. The fraction of sp³-hybridized carbons (Fsp3) is 0.474. The van der Waals surface area contributed by atoms with Crippen molar-refractivity contribution in [1.82, 2.24) is 15.4 Å². The molecule has 6 nitrogen and oxygen atoms in total. The van der Waals surface area contributed by atoms with Crippen molar-refractivity contribution in [1.29, 1.82) is 0 Å². The maximum atomic E-state index is 12.1. The topological polar surface area (TPSA) is 84.4 Å². The van der Waals surface area contributed by atoms with E-state index >= 15 is 0 Å². The van der Waals surface area contributed by atoms with E-state index in [2.05, 4.69) is 46.6 Å². The van der Waals surface area contributed by atoms with Crippen LogP contribution in [0.15, 0.2) is 34.9 Å². The number of rotatable bonds is 6. The SMILES string of the molecule is Cc1ccc(-c2cc(CN3CCCC(C(=O)NCCN)C3)on2)cc1. The zero-order chi connectivity index (χ0) is 17.6. The molecule has 1 aliphatic heterocycles. The molecule has 3 rings (SSSR count). The van der Waals surface area contributed by atoms with Gasteiger partial charge in [0.2, 0.25) is 5.91 Å². The first kappa shape index (κ1) is 17.6. The largest absolute Gasteiger partial charge is 0.359 e. The molecule has 1 aliphatic rings. The number of nitrogens with two attached hydrogens (primary N) is 1. The number of benzene rings is 1. The molecule has 1 aromatic carbocycles. The smallest absolute Gasteiger partial charge is 0.224 e. The molecular weight excluding hydrogens is 316 g/mol. The van der Waals surface area contributed by atoms with Crippen molar-refractivity contribution in [3.05, 3.63) is 41.7 Å². The molecule has 3 N–H and O–H groups in total. The third-order valence-corrected chi connectivity index (χ3v) is 4.61. The van der Waals surface area contributed by atoms with Crippen LogP contribution in [0.3, 0.4) is 0 Å². The van der Waals surface area contributed by atoms with Gasteiger partial charge in [0.25, 0.3) is 0 Å². The van der Waals surface area contributed by atoms with Crippen molar-refractivity contribution in [2.45, 2.75) is 26.3 Å². The maximum absolute atomic E-state index is 12.1. The molecule has 0 saturated carbocycles. The summed E-state index contributed by atoms with van der Waals surface area (Å²) < 4.78 is 5.50. The molecule has 0 spiro atoms. The van der Waals surface area contributed by atoms with Crippen molar-refractivity contribution in [2.24, 2.45) is 11.7 Å². The molecule has 1 unspecified atom stereocenters. The van der Waals surface area contributed by atoms with Gasteiger partial charge in [0, 0.05) is 31.3 Å². The molecule has 1 atom stereocenters. The summed E-state index contributed by atoms with van der Waals surface area (Å²) in [6.07, 6.45) is 1.94. The quantitative estimate of drug-likeness (QED) is 0.838. The van der Waals surface area contributed by atoms with Crippen LogP contribution in [-0.4, -0.2) is 42.1 Å². The van der Waals surface area contributed by atoms with Crippen molar-refractivity contribution in [2.75, 3.05) is 26.2 Å². The summed E-state index contributed by atoms with van der Waals surface area (Å²) in [4.78, 5) is 14.4. The number of amides is 1. The monoisotopic (exact) mass is 342 g/mol. The van der Waals surface area contributed by atoms with Gasteiger partial charge in [-0.1, -0.05) is 35.0 Å². The van der Waals surface area contributed by atoms with Crippen LogP contribution >= 0.6 is 0 Å². The highest BCUT2D eigenvalue weighted by atomic mass is 16.5. The number of hydrogen-bond acceptors (Lipinski definition) is 5. The van der Waals surface area contributed by atoms with Crippen LogP contribution < -0.4 is 11.1 Å². The Balaban J connectivity index is 1.59. The van der Waals surface area contributed by atoms with Crippen LogP contribution in [0.5, 0.6) is 0 Å². The summed E-state index contributed by atoms with van der Waals surface area (Å²) in [5.74, 6) is 0.964. The van der Waals surface area contributed by atoms with E-state index in [1.807, 2.05) is 6.07 Å². The van der Waals surface area contributed by atoms with E-state index in [1.165, 1.54) is 5.56 Å². The van der Waals surface area contributed by atoms with Gasteiger partial charge in [-0.25, -0.2) is 0 Å². The Hall–Kier alpha value is -2.18. The second kappa shape index (κ2) is 8.27. The number of carbonyl (C=O) groups excluding carboxylic acids is 1.